The van der Waals surface area contributed by atoms with Gasteiger partial charge in [0.25, 0.3) is 0 Å². The molecule has 1 fully saturated rings. The van der Waals surface area contributed by atoms with Gasteiger partial charge in [0.05, 0.1) is 0 Å². The molecule has 0 unspecified atom stereocenters. The minimum absolute atomic E-state index is 0.672. The van der Waals surface area contributed by atoms with Crippen LogP contribution in [0.5, 0.6) is 0 Å². The van der Waals surface area contributed by atoms with Crippen LogP contribution in [0.2, 0.25) is 0 Å². The third-order valence-corrected chi connectivity index (χ3v) is 21.1. The quantitative estimate of drug-likeness (QED) is 0.369. The van der Waals surface area contributed by atoms with Crippen molar-refractivity contribution >= 4 is 88.7 Å². The topological polar surface area (TPSA) is 6.48 Å². The summed E-state index contributed by atoms with van der Waals surface area (Å²) in [6, 6.07) is 11.5. The maximum atomic E-state index is 6.92. The summed E-state index contributed by atoms with van der Waals surface area (Å²) < 4.78 is 2.95. The molecule has 144 valence electrons. The number of nitrogens with zero attached hydrogens (tertiary/aromatic N) is 2. The molecule has 0 atom stereocenters. The number of hydrogen-bond donors (Lipinski definition) is 0. The zero-order chi connectivity index (χ0) is 19.8. The van der Waals surface area contributed by atoms with Crippen LogP contribution in [-0.4, -0.2) is 0 Å². The van der Waals surface area contributed by atoms with Crippen LogP contribution in [0.15, 0.2) is 36.4 Å². The van der Waals surface area contributed by atoms with Gasteiger partial charge in [-0.05, 0) is 0 Å². The van der Waals surface area contributed by atoms with Crippen molar-refractivity contribution in [3.8, 4) is 0 Å². The van der Waals surface area contributed by atoms with Gasteiger partial charge in [-0.15, -0.1) is 0 Å². The van der Waals surface area contributed by atoms with E-state index in [-0.39, 0.29) is 0 Å². The summed E-state index contributed by atoms with van der Waals surface area (Å²) in [5.41, 5.74) is 4.89. The molecule has 2 aromatic rings. The molecule has 0 bridgehead atoms. The summed E-state index contributed by atoms with van der Waals surface area (Å²) in [6.45, 7) is 7.66. The molecule has 0 saturated carbocycles. The van der Waals surface area contributed by atoms with Crippen molar-refractivity contribution in [3.63, 3.8) is 0 Å². The van der Waals surface area contributed by atoms with E-state index in [0.29, 0.717) is 11.4 Å². The van der Waals surface area contributed by atoms with Gasteiger partial charge in [-0.2, -0.15) is 0 Å². The number of anilines is 2. The zero-order valence-electron chi connectivity index (χ0n) is 14.5. The Bertz CT molecular complexity index is 784. The molecule has 0 aliphatic carbocycles. The number of para-hydroxylation sites is 2. The van der Waals surface area contributed by atoms with Gasteiger partial charge in [-0.3, -0.25) is 0 Å². The second-order valence-electron chi connectivity index (χ2n) is 6.53. The van der Waals surface area contributed by atoms with Crippen LogP contribution in [0.3, 0.4) is 0 Å². The van der Waals surface area contributed by atoms with Crippen molar-refractivity contribution < 1.29 is 0 Å². The monoisotopic (exact) mass is 510 g/mol. The first kappa shape index (κ1) is 21.4. The molecule has 1 saturated heterocycles. The fourth-order valence-corrected chi connectivity index (χ4v) is 32.9. The van der Waals surface area contributed by atoms with Crippen LogP contribution in [0.25, 0.3) is 0 Å². The van der Waals surface area contributed by atoms with Crippen molar-refractivity contribution in [2.45, 2.75) is 27.7 Å². The first-order chi connectivity index (χ1) is 11.7. The average molecular weight is 513 g/mol. The Hall–Kier alpha value is 0.640. The van der Waals surface area contributed by atoms with Crippen LogP contribution in [-0.2, 0) is 0 Å². The maximum absolute atomic E-state index is 6.92. The van der Waals surface area contributed by atoms with Crippen molar-refractivity contribution in [2.75, 3.05) is 8.88 Å². The first-order valence-electron chi connectivity index (χ1n) is 7.75. The Balaban J connectivity index is 2.33. The molecule has 1 aliphatic heterocycles. The normalized spacial score (nSPS) is 25.3. The SMILES string of the molecule is Cc1cccc(C)c1N1P(Cl)(Cl)(Cl)N(c2c(C)cccc2C)P1(Cl)(Cl)Cl. The molecular formula is C16H18Cl6N2P2. The van der Waals surface area contributed by atoms with Gasteiger partial charge < -0.3 is 0 Å². The molecule has 2 nitrogen and oxygen atoms in total. The Labute approximate surface area is 183 Å². The van der Waals surface area contributed by atoms with Gasteiger partial charge in [0.2, 0.25) is 0 Å². The van der Waals surface area contributed by atoms with Crippen LogP contribution in [0.1, 0.15) is 22.3 Å². The first-order valence-corrected chi connectivity index (χ1v) is 17.5. The molecule has 0 amide bonds. The number of halogens is 6. The van der Waals surface area contributed by atoms with E-state index in [4.69, 9.17) is 67.4 Å². The second-order valence-corrected chi connectivity index (χ2v) is 26.3. The van der Waals surface area contributed by atoms with E-state index in [1.54, 1.807) is 0 Å². The van der Waals surface area contributed by atoms with Crippen LogP contribution in [0.4, 0.5) is 11.4 Å². The fraction of sp³-hybridized carbons (Fsp3) is 0.250. The van der Waals surface area contributed by atoms with Gasteiger partial charge in [-0.1, -0.05) is 0 Å². The van der Waals surface area contributed by atoms with E-state index in [9.17, 15) is 0 Å². The van der Waals surface area contributed by atoms with Crippen LogP contribution >= 0.6 is 77.4 Å². The minimum atomic E-state index is -4.28. The van der Waals surface area contributed by atoms with Crippen molar-refractivity contribution in [3.05, 3.63) is 58.7 Å². The molecule has 26 heavy (non-hydrogen) atoms. The molecule has 1 heterocycles. The van der Waals surface area contributed by atoms with E-state index < -0.39 is 9.93 Å². The third kappa shape index (κ3) is 2.92. The Morgan fingerprint density at radius 2 is 0.769 bits per heavy atom. The van der Waals surface area contributed by atoms with Crippen molar-refractivity contribution in [1.82, 2.24) is 0 Å². The summed E-state index contributed by atoms with van der Waals surface area (Å²) in [5.74, 6) is 0. The Kier molecular flexibility index (Phi) is 4.98. The van der Waals surface area contributed by atoms with Gasteiger partial charge in [0.15, 0.2) is 0 Å². The predicted molar refractivity (Wildman–Crippen MR) is 126 cm³/mol. The zero-order valence-corrected chi connectivity index (χ0v) is 20.8. The number of benzene rings is 2. The van der Waals surface area contributed by atoms with E-state index in [1.165, 1.54) is 8.88 Å². The molecular weight excluding hydrogens is 495 g/mol. The summed E-state index contributed by atoms with van der Waals surface area (Å²) in [5, 5.41) is 0. The van der Waals surface area contributed by atoms with E-state index in [0.717, 1.165) is 22.3 Å². The van der Waals surface area contributed by atoms with Gasteiger partial charge in [-0.25, -0.2) is 0 Å². The molecule has 0 aromatic heterocycles. The molecule has 0 spiro atoms. The molecule has 10 heteroatoms. The van der Waals surface area contributed by atoms with Crippen molar-refractivity contribution in [1.29, 1.82) is 0 Å². The van der Waals surface area contributed by atoms with Crippen LogP contribution in [0, 0.1) is 27.7 Å². The molecule has 3 rings (SSSR count). The standard InChI is InChI=1S/C16H18Cl6N2P2/c1-11-7-5-8-12(2)15(11)23-25(17,18,19)24(26(23,20,21)22)16-13(3)9-6-10-14(16)4/h5-10H,1-4H3. The van der Waals surface area contributed by atoms with Crippen LogP contribution < -0.4 is 8.88 Å². The molecule has 0 N–H and O–H groups in total. The van der Waals surface area contributed by atoms with Gasteiger partial charge >= 0.3 is 184 Å². The molecule has 2 aromatic carbocycles. The molecule has 1 aliphatic rings. The number of hydrogen-bond acceptors (Lipinski definition) is 2. The van der Waals surface area contributed by atoms with E-state index in [2.05, 4.69) is 0 Å². The Morgan fingerprint density at radius 1 is 0.538 bits per heavy atom. The second kappa shape index (κ2) is 6.07. The van der Waals surface area contributed by atoms with Gasteiger partial charge in [0.1, 0.15) is 0 Å². The Morgan fingerprint density at radius 3 is 1.00 bits per heavy atom. The third-order valence-electron chi connectivity index (χ3n) is 4.48. The summed E-state index contributed by atoms with van der Waals surface area (Å²) in [6.07, 6.45) is 0. The van der Waals surface area contributed by atoms with E-state index in [1.807, 2.05) is 64.1 Å². The number of aryl methyl sites for hydroxylation is 4. The number of rotatable bonds is 2. The predicted octanol–water partition coefficient (Wildman–Crippen LogP) is 9.94. The fourth-order valence-electron chi connectivity index (χ4n) is 3.45. The van der Waals surface area contributed by atoms with Gasteiger partial charge in [0, 0.05) is 0 Å². The van der Waals surface area contributed by atoms with Crippen molar-refractivity contribution in [2.24, 2.45) is 0 Å². The van der Waals surface area contributed by atoms with E-state index >= 15 is 0 Å². The summed E-state index contributed by atoms with van der Waals surface area (Å²) in [4.78, 5) is -8.55. The summed E-state index contributed by atoms with van der Waals surface area (Å²) in [7, 11) is 0. The summed E-state index contributed by atoms with van der Waals surface area (Å²) >= 11 is 41.5. The molecule has 0 radical (unpaired) electrons. The average Bonchev–Trinajstić information content (AvgIpc) is 2.44.